The Hall–Kier alpha value is -2.92. The molecule has 0 saturated carbocycles. The molecule has 0 aliphatic carbocycles. The molecule has 2 aliphatic heterocycles. The third-order valence-corrected chi connectivity index (χ3v) is 5.89. The first-order valence-electron chi connectivity index (χ1n) is 9.59. The fourth-order valence-electron chi connectivity index (χ4n) is 4.66. The van der Waals surface area contributed by atoms with Crippen molar-refractivity contribution in [2.24, 2.45) is 0 Å². The van der Waals surface area contributed by atoms with Crippen LogP contribution in [0.25, 0.3) is 10.8 Å². The molecule has 2 heterocycles. The van der Waals surface area contributed by atoms with Gasteiger partial charge in [-0.15, -0.1) is 0 Å². The van der Waals surface area contributed by atoms with Crippen LogP contribution in [0, 0.1) is 5.82 Å². The van der Waals surface area contributed by atoms with Crippen LogP contribution in [-0.4, -0.2) is 30.5 Å². The minimum absolute atomic E-state index is 0.0732. The zero-order valence-electron chi connectivity index (χ0n) is 15.6. The number of halogens is 1. The van der Waals surface area contributed by atoms with Crippen LogP contribution in [0.3, 0.4) is 0 Å². The number of nitrogens with zero attached hydrogens (tertiary/aromatic N) is 2. The lowest BCUT2D eigenvalue weighted by molar-refractivity contribution is -0.119. The van der Waals surface area contributed by atoms with Crippen LogP contribution >= 0.6 is 0 Å². The summed E-state index contributed by atoms with van der Waals surface area (Å²) in [6.07, 6.45) is 1.57. The molecule has 2 fully saturated rings. The monoisotopic (exact) mass is 376 g/mol. The Bertz CT molecular complexity index is 1050. The van der Waals surface area contributed by atoms with E-state index in [-0.39, 0.29) is 23.9 Å². The van der Waals surface area contributed by atoms with Gasteiger partial charge in [-0.25, -0.2) is 4.39 Å². The van der Waals surface area contributed by atoms with Crippen LogP contribution in [0.5, 0.6) is 5.75 Å². The van der Waals surface area contributed by atoms with E-state index in [4.69, 9.17) is 4.74 Å². The number of amides is 1. The van der Waals surface area contributed by atoms with Gasteiger partial charge in [0.2, 0.25) is 5.91 Å². The van der Waals surface area contributed by atoms with E-state index in [9.17, 15) is 9.18 Å². The lowest BCUT2D eigenvalue weighted by Gasteiger charge is -2.31. The number of hydrogen-bond donors (Lipinski definition) is 0. The molecular formula is C23H21FN2O2. The van der Waals surface area contributed by atoms with Crippen molar-refractivity contribution < 1.29 is 13.9 Å². The van der Waals surface area contributed by atoms with Gasteiger partial charge in [-0.3, -0.25) is 14.6 Å². The SMILES string of the molecule is COc1ccc2ccccc2c1[C@H]1N(c2ccc(F)cc2)C(=O)[C@H]2CCCN21. The predicted molar refractivity (Wildman–Crippen MR) is 107 cm³/mol. The lowest BCUT2D eigenvalue weighted by atomic mass is 10.00. The van der Waals surface area contributed by atoms with Crippen molar-refractivity contribution in [3.8, 4) is 5.75 Å². The fourth-order valence-corrected chi connectivity index (χ4v) is 4.66. The topological polar surface area (TPSA) is 32.8 Å². The lowest BCUT2D eigenvalue weighted by Crippen LogP contribution is -2.32. The van der Waals surface area contributed by atoms with Gasteiger partial charge in [0.15, 0.2) is 0 Å². The summed E-state index contributed by atoms with van der Waals surface area (Å²) in [4.78, 5) is 17.4. The standard InChI is InChI=1S/C23H21FN2O2/c1-28-20-13-8-15-5-2-3-6-18(15)21(20)22-25-14-4-7-19(25)23(27)26(22)17-11-9-16(24)10-12-17/h2-3,5-6,8-13,19,22H,4,7,14H2,1H3/t19-,22-/m1/s1. The predicted octanol–water partition coefficient (Wildman–Crippen LogP) is 4.50. The summed E-state index contributed by atoms with van der Waals surface area (Å²) < 4.78 is 19.2. The highest BCUT2D eigenvalue weighted by Crippen LogP contribution is 2.47. The van der Waals surface area contributed by atoms with E-state index < -0.39 is 0 Å². The van der Waals surface area contributed by atoms with E-state index >= 15 is 0 Å². The molecule has 5 rings (SSSR count). The summed E-state index contributed by atoms with van der Waals surface area (Å²) in [6, 6.07) is 18.2. The van der Waals surface area contributed by atoms with Crippen LogP contribution in [0.2, 0.25) is 0 Å². The zero-order chi connectivity index (χ0) is 19.3. The molecule has 1 amide bonds. The number of anilines is 1. The first-order chi connectivity index (χ1) is 13.7. The number of carbonyl (C=O) groups excluding carboxylic acids is 1. The molecule has 5 heteroatoms. The molecule has 0 spiro atoms. The van der Waals surface area contributed by atoms with Gasteiger partial charge in [-0.05, 0) is 53.9 Å². The summed E-state index contributed by atoms with van der Waals surface area (Å²) in [6.45, 7) is 0.852. The molecule has 2 atom stereocenters. The fraction of sp³-hybridized carbons (Fsp3) is 0.261. The maximum atomic E-state index is 13.5. The molecule has 3 aromatic rings. The molecule has 2 saturated heterocycles. The van der Waals surface area contributed by atoms with E-state index in [0.29, 0.717) is 5.69 Å². The quantitative estimate of drug-likeness (QED) is 0.675. The molecule has 0 radical (unpaired) electrons. The van der Waals surface area contributed by atoms with E-state index in [1.807, 2.05) is 29.2 Å². The van der Waals surface area contributed by atoms with Crippen molar-refractivity contribution in [1.29, 1.82) is 0 Å². The van der Waals surface area contributed by atoms with Crippen LogP contribution in [0.1, 0.15) is 24.6 Å². The first-order valence-corrected chi connectivity index (χ1v) is 9.59. The maximum Gasteiger partial charge on any atom is 0.246 e. The van der Waals surface area contributed by atoms with E-state index in [1.54, 1.807) is 19.2 Å². The van der Waals surface area contributed by atoms with Gasteiger partial charge < -0.3 is 4.74 Å². The van der Waals surface area contributed by atoms with Crippen LogP contribution < -0.4 is 9.64 Å². The number of carbonyl (C=O) groups is 1. The largest absolute Gasteiger partial charge is 0.496 e. The van der Waals surface area contributed by atoms with Gasteiger partial charge in [0, 0.05) is 17.8 Å². The number of methoxy groups -OCH3 is 1. The summed E-state index contributed by atoms with van der Waals surface area (Å²) in [5.41, 5.74) is 1.70. The second-order valence-electron chi connectivity index (χ2n) is 7.36. The van der Waals surface area contributed by atoms with Crippen LogP contribution in [0.4, 0.5) is 10.1 Å². The normalized spacial score (nSPS) is 22.1. The molecule has 28 heavy (non-hydrogen) atoms. The number of benzene rings is 3. The Balaban J connectivity index is 1.75. The van der Waals surface area contributed by atoms with Crippen LogP contribution in [-0.2, 0) is 4.79 Å². The van der Waals surface area contributed by atoms with E-state index in [2.05, 4.69) is 17.0 Å². The highest BCUT2D eigenvalue weighted by molar-refractivity contribution is 6.02. The Kier molecular flexibility index (Phi) is 4.05. The average Bonchev–Trinajstić information content (AvgIpc) is 3.30. The molecule has 0 aromatic heterocycles. The minimum Gasteiger partial charge on any atom is -0.496 e. The summed E-state index contributed by atoms with van der Waals surface area (Å²) in [5.74, 6) is 0.524. The van der Waals surface area contributed by atoms with E-state index in [0.717, 1.165) is 41.5 Å². The molecule has 2 aliphatic rings. The highest BCUT2D eigenvalue weighted by atomic mass is 19.1. The van der Waals surface area contributed by atoms with Gasteiger partial charge in [0.25, 0.3) is 0 Å². The summed E-state index contributed by atoms with van der Waals surface area (Å²) in [5, 5.41) is 2.17. The smallest absolute Gasteiger partial charge is 0.246 e. The van der Waals surface area contributed by atoms with Crippen molar-refractivity contribution in [2.75, 3.05) is 18.6 Å². The van der Waals surface area contributed by atoms with Crippen molar-refractivity contribution >= 4 is 22.4 Å². The molecular weight excluding hydrogens is 355 g/mol. The Morgan fingerprint density at radius 3 is 2.61 bits per heavy atom. The van der Waals surface area contributed by atoms with Crippen molar-refractivity contribution in [3.63, 3.8) is 0 Å². The summed E-state index contributed by atoms with van der Waals surface area (Å²) >= 11 is 0. The van der Waals surface area contributed by atoms with Gasteiger partial charge >= 0.3 is 0 Å². The third kappa shape index (κ3) is 2.50. The minimum atomic E-state index is -0.310. The molecule has 4 nitrogen and oxygen atoms in total. The van der Waals surface area contributed by atoms with Gasteiger partial charge in [-0.2, -0.15) is 0 Å². The zero-order valence-corrected chi connectivity index (χ0v) is 15.6. The van der Waals surface area contributed by atoms with Crippen molar-refractivity contribution in [1.82, 2.24) is 4.90 Å². The number of hydrogen-bond acceptors (Lipinski definition) is 3. The second-order valence-corrected chi connectivity index (χ2v) is 7.36. The van der Waals surface area contributed by atoms with Crippen molar-refractivity contribution in [2.45, 2.75) is 25.0 Å². The maximum absolute atomic E-state index is 13.5. The first kappa shape index (κ1) is 17.2. The van der Waals surface area contributed by atoms with Crippen LogP contribution in [0.15, 0.2) is 60.7 Å². The molecule has 0 unspecified atom stereocenters. The van der Waals surface area contributed by atoms with Gasteiger partial charge in [-0.1, -0.05) is 30.3 Å². The molecule has 142 valence electrons. The second kappa shape index (κ2) is 6.60. The average molecular weight is 376 g/mol. The number of ether oxygens (including phenoxy) is 1. The Morgan fingerprint density at radius 2 is 1.82 bits per heavy atom. The number of rotatable bonds is 3. The Labute approximate surface area is 163 Å². The third-order valence-electron chi connectivity index (χ3n) is 5.89. The number of fused-ring (bicyclic) bond motifs is 2. The van der Waals surface area contributed by atoms with Gasteiger partial charge in [0.1, 0.15) is 17.7 Å². The Morgan fingerprint density at radius 1 is 1.04 bits per heavy atom. The molecule has 3 aromatic carbocycles. The van der Waals surface area contributed by atoms with Crippen molar-refractivity contribution in [3.05, 3.63) is 72.0 Å². The van der Waals surface area contributed by atoms with E-state index in [1.165, 1.54) is 12.1 Å². The molecule has 0 bridgehead atoms. The molecule has 0 N–H and O–H groups in total. The highest BCUT2D eigenvalue weighted by Gasteiger charge is 2.50. The summed E-state index contributed by atoms with van der Waals surface area (Å²) in [7, 11) is 1.66. The van der Waals surface area contributed by atoms with Gasteiger partial charge in [0.05, 0.1) is 13.2 Å².